The number of ether oxygens (including phenoxy) is 1. The second kappa shape index (κ2) is 6.18. The van der Waals surface area contributed by atoms with Crippen molar-refractivity contribution < 1.29 is 9.84 Å². The second-order valence-corrected chi connectivity index (χ2v) is 4.93. The van der Waals surface area contributed by atoms with E-state index in [0.29, 0.717) is 12.6 Å². The summed E-state index contributed by atoms with van der Waals surface area (Å²) in [6, 6.07) is 8.39. The van der Waals surface area contributed by atoms with Crippen LogP contribution in [0.25, 0.3) is 0 Å². The number of para-hydroxylation sites is 1. The Balaban J connectivity index is 1.90. The van der Waals surface area contributed by atoms with E-state index in [1.54, 1.807) is 0 Å². The molecule has 0 amide bonds. The van der Waals surface area contributed by atoms with Crippen molar-refractivity contribution in [1.29, 1.82) is 0 Å². The minimum Gasteiger partial charge on any atom is -0.399 e. The number of hydrogen-bond acceptors (Lipinski definition) is 4. The van der Waals surface area contributed by atoms with Crippen LogP contribution in [0.4, 0.5) is 5.69 Å². The molecule has 0 spiro atoms. The summed E-state index contributed by atoms with van der Waals surface area (Å²) in [7, 11) is 0. The van der Waals surface area contributed by atoms with Gasteiger partial charge >= 0.3 is 0 Å². The molecule has 0 radical (unpaired) electrons. The SMILES string of the molecule is CC1COC(CO)CN1CCc1ccccc1N. The summed E-state index contributed by atoms with van der Waals surface area (Å²) in [5, 5.41) is 9.15. The average molecular weight is 250 g/mol. The highest BCUT2D eigenvalue weighted by Crippen LogP contribution is 2.15. The van der Waals surface area contributed by atoms with Crippen molar-refractivity contribution >= 4 is 5.69 Å². The summed E-state index contributed by atoms with van der Waals surface area (Å²) < 4.78 is 5.53. The van der Waals surface area contributed by atoms with Gasteiger partial charge in [0, 0.05) is 24.8 Å². The van der Waals surface area contributed by atoms with Crippen LogP contribution in [-0.2, 0) is 11.2 Å². The molecule has 1 aliphatic rings. The molecule has 1 fully saturated rings. The molecule has 1 heterocycles. The van der Waals surface area contributed by atoms with Crippen LogP contribution in [0.1, 0.15) is 12.5 Å². The molecule has 4 nitrogen and oxygen atoms in total. The van der Waals surface area contributed by atoms with Crippen molar-refractivity contribution in [3.63, 3.8) is 0 Å². The maximum Gasteiger partial charge on any atom is 0.0933 e. The van der Waals surface area contributed by atoms with E-state index >= 15 is 0 Å². The van der Waals surface area contributed by atoms with Crippen LogP contribution in [0.15, 0.2) is 24.3 Å². The lowest BCUT2D eigenvalue weighted by atomic mass is 10.1. The van der Waals surface area contributed by atoms with Gasteiger partial charge in [0.1, 0.15) is 0 Å². The maximum absolute atomic E-state index is 9.15. The third-order valence-corrected chi connectivity index (χ3v) is 3.56. The fourth-order valence-electron chi connectivity index (χ4n) is 2.32. The molecule has 100 valence electrons. The summed E-state index contributed by atoms with van der Waals surface area (Å²) in [6.07, 6.45) is 0.893. The van der Waals surface area contributed by atoms with Crippen molar-refractivity contribution in [1.82, 2.24) is 4.90 Å². The van der Waals surface area contributed by atoms with Gasteiger partial charge < -0.3 is 15.6 Å². The Morgan fingerprint density at radius 2 is 2.22 bits per heavy atom. The number of nitrogen functional groups attached to an aromatic ring is 1. The van der Waals surface area contributed by atoms with Crippen molar-refractivity contribution in [2.75, 3.05) is 32.0 Å². The Morgan fingerprint density at radius 3 is 2.94 bits per heavy atom. The van der Waals surface area contributed by atoms with Gasteiger partial charge in [0.05, 0.1) is 19.3 Å². The van der Waals surface area contributed by atoms with Crippen molar-refractivity contribution in [3.05, 3.63) is 29.8 Å². The monoisotopic (exact) mass is 250 g/mol. The van der Waals surface area contributed by atoms with Gasteiger partial charge in [0.15, 0.2) is 0 Å². The Labute approximate surface area is 108 Å². The lowest BCUT2D eigenvalue weighted by Crippen LogP contribution is -2.50. The molecule has 1 aromatic rings. The van der Waals surface area contributed by atoms with Crippen molar-refractivity contribution in [2.45, 2.75) is 25.5 Å². The van der Waals surface area contributed by atoms with Gasteiger partial charge in [-0.3, -0.25) is 4.90 Å². The summed E-state index contributed by atoms with van der Waals surface area (Å²) in [4.78, 5) is 2.36. The number of anilines is 1. The van der Waals surface area contributed by atoms with E-state index in [-0.39, 0.29) is 12.7 Å². The first kappa shape index (κ1) is 13.3. The van der Waals surface area contributed by atoms with Gasteiger partial charge in [0.2, 0.25) is 0 Å². The minimum atomic E-state index is -0.0469. The lowest BCUT2D eigenvalue weighted by molar-refractivity contribution is -0.0772. The molecule has 3 N–H and O–H groups in total. The van der Waals surface area contributed by atoms with Crippen LogP contribution in [0.2, 0.25) is 0 Å². The minimum absolute atomic E-state index is 0.0469. The Hall–Kier alpha value is -1.10. The number of morpholine rings is 1. The highest BCUT2D eigenvalue weighted by atomic mass is 16.5. The molecule has 2 atom stereocenters. The van der Waals surface area contributed by atoms with Crippen molar-refractivity contribution in [3.8, 4) is 0 Å². The molecule has 0 bridgehead atoms. The van der Waals surface area contributed by atoms with Gasteiger partial charge in [-0.25, -0.2) is 0 Å². The van der Waals surface area contributed by atoms with E-state index in [1.807, 2.05) is 18.2 Å². The van der Waals surface area contributed by atoms with E-state index in [9.17, 15) is 0 Å². The van der Waals surface area contributed by atoms with Crippen LogP contribution < -0.4 is 5.73 Å². The molecule has 1 aromatic carbocycles. The normalized spacial score (nSPS) is 25.2. The molecule has 4 heteroatoms. The molecule has 1 saturated heterocycles. The summed E-state index contributed by atoms with van der Waals surface area (Å²) >= 11 is 0. The summed E-state index contributed by atoms with van der Waals surface area (Å²) in [5.74, 6) is 0. The number of aliphatic hydroxyl groups is 1. The second-order valence-electron chi connectivity index (χ2n) is 4.93. The fourth-order valence-corrected chi connectivity index (χ4v) is 2.32. The number of nitrogens with zero attached hydrogens (tertiary/aromatic N) is 1. The Bertz CT molecular complexity index is 384. The zero-order valence-corrected chi connectivity index (χ0v) is 10.9. The van der Waals surface area contributed by atoms with Gasteiger partial charge in [-0.05, 0) is 25.0 Å². The first-order valence-electron chi connectivity index (χ1n) is 6.50. The summed E-state index contributed by atoms with van der Waals surface area (Å²) in [6.45, 7) is 4.69. The fraction of sp³-hybridized carbons (Fsp3) is 0.571. The van der Waals surface area contributed by atoms with Gasteiger partial charge in [-0.15, -0.1) is 0 Å². The van der Waals surface area contributed by atoms with Gasteiger partial charge in [-0.1, -0.05) is 18.2 Å². The highest BCUT2D eigenvalue weighted by Gasteiger charge is 2.25. The molecular formula is C14H22N2O2. The smallest absolute Gasteiger partial charge is 0.0933 e. The predicted molar refractivity (Wildman–Crippen MR) is 72.4 cm³/mol. The number of hydrogen-bond donors (Lipinski definition) is 2. The predicted octanol–water partition coefficient (Wildman–Crippen LogP) is 0.893. The summed E-state index contributed by atoms with van der Waals surface area (Å²) in [5.41, 5.74) is 7.99. The van der Waals surface area contributed by atoms with E-state index in [4.69, 9.17) is 15.6 Å². The standard InChI is InChI=1S/C14H22N2O2/c1-11-10-18-13(9-17)8-16(11)7-6-12-4-2-3-5-14(12)15/h2-5,11,13,17H,6-10,15H2,1H3. The topological polar surface area (TPSA) is 58.7 Å². The molecular weight excluding hydrogens is 228 g/mol. The van der Waals surface area contributed by atoms with Crippen LogP contribution in [-0.4, -0.2) is 48.5 Å². The molecule has 2 unspecified atom stereocenters. The molecule has 18 heavy (non-hydrogen) atoms. The van der Waals surface area contributed by atoms with Crippen LogP contribution >= 0.6 is 0 Å². The zero-order chi connectivity index (χ0) is 13.0. The van der Waals surface area contributed by atoms with Crippen molar-refractivity contribution in [2.24, 2.45) is 0 Å². The van der Waals surface area contributed by atoms with E-state index in [2.05, 4.69) is 17.9 Å². The molecule has 0 aliphatic carbocycles. The maximum atomic E-state index is 9.15. The van der Waals surface area contributed by atoms with Crippen LogP contribution in [0, 0.1) is 0 Å². The van der Waals surface area contributed by atoms with Gasteiger partial charge in [-0.2, -0.15) is 0 Å². The Kier molecular flexibility index (Phi) is 4.58. The number of benzene rings is 1. The molecule has 0 saturated carbocycles. The largest absolute Gasteiger partial charge is 0.399 e. The van der Waals surface area contributed by atoms with Crippen LogP contribution in [0.3, 0.4) is 0 Å². The molecule has 2 rings (SSSR count). The van der Waals surface area contributed by atoms with E-state index in [0.717, 1.165) is 25.2 Å². The average Bonchev–Trinajstić information content (AvgIpc) is 2.39. The van der Waals surface area contributed by atoms with E-state index < -0.39 is 0 Å². The van der Waals surface area contributed by atoms with E-state index in [1.165, 1.54) is 5.56 Å². The first-order valence-corrected chi connectivity index (χ1v) is 6.50. The van der Waals surface area contributed by atoms with Crippen LogP contribution in [0.5, 0.6) is 0 Å². The molecule has 0 aromatic heterocycles. The highest BCUT2D eigenvalue weighted by molar-refractivity contribution is 5.46. The van der Waals surface area contributed by atoms with Gasteiger partial charge in [0.25, 0.3) is 0 Å². The third kappa shape index (κ3) is 3.22. The number of aliphatic hydroxyl groups excluding tert-OH is 1. The third-order valence-electron chi connectivity index (χ3n) is 3.56. The number of nitrogens with two attached hydrogens (primary N) is 1. The lowest BCUT2D eigenvalue weighted by Gasteiger charge is -2.37. The first-order chi connectivity index (χ1) is 8.70. The quantitative estimate of drug-likeness (QED) is 0.779. The number of rotatable bonds is 4. The zero-order valence-electron chi connectivity index (χ0n) is 10.9. The Morgan fingerprint density at radius 1 is 1.44 bits per heavy atom. The molecule has 1 aliphatic heterocycles.